The van der Waals surface area contributed by atoms with E-state index in [1.807, 2.05) is 80.6 Å². The van der Waals surface area contributed by atoms with Crippen LogP contribution in [0.5, 0.6) is 0 Å². The van der Waals surface area contributed by atoms with Crippen molar-refractivity contribution in [1.29, 1.82) is 0 Å². The molecule has 4 rings (SSSR count). The quantitative estimate of drug-likeness (QED) is 0.477. The number of anilines is 2. The molecule has 7 heteroatoms. The Labute approximate surface area is 204 Å². The Morgan fingerprint density at radius 2 is 1.73 bits per heavy atom. The molecule has 1 saturated heterocycles. The predicted molar refractivity (Wildman–Crippen MR) is 136 cm³/mol. The lowest BCUT2D eigenvalue weighted by atomic mass is 10.1. The highest BCUT2D eigenvalue weighted by Crippen LogP contribution is 2.30. The van der Waals surface area contributed by atoms with Gasteiger partial charge in [0.05, 0.1) is 12.1 Å². The molecule has 1 atom stereocenters. The number of halogens is 1. The highest BCUT2D eigenvalue weighted by Gasteiger charge is 2.44. The minimum atomic E-state index is -0.736. The predicted octanol–water partition coefficient (Wildman–Crippen LogP) is 5.49. The maximum absolute atomic E-state index is 13.5. The Balaban J connectivity index is 1.61. The van der Waals surface area contributed by atoms with Gasteiger partial charge in [-0.2, -0.15) is 0 Å². The van der Waals surface area contributed by atoms with Crippen LogP contribution >= 0.6 is 23.8 Å². The van der Waals surface area contributed by atoms with E-state index < -0.39 is 6.04 Å². The number of carbonyl (C=O) groups excluding carboxylic acids is 2. The summed E-state index contributed by atoms with van der Waals surface area (Å²) < 4.78 is 0. The van der Waals surface area contributed by atoms with Crippen molar-refractivity contribution < 1.29 is 9.59 Å². The van der Waals surface area contributed by atoms with Gasteiger partial charge in [0, 0.05) is 17.3 Å². The summed E-state index contributed by atoms with van der Waals surface area (Å²) in [7, 11) is 0. The maximum atomic E-state index is 13.5. The van der Waals surface area contributed by atoms with E-state index in [4.69, 9.17) is 23.8 Å². The molecule has 3 aromatic carbocycles. The van der Waals surface area contributed by atoms with Gasteiger partial charge in [0.15, 0.2) is 5.11 Å². The molecule has 0 bridgehead atoms. The molecule has 33 heavy (non-hydrogen) atoms. The molecule has 3 aromatic rings. The summed E-state index contributed by atoms with van der Waals surface area (Å²) in [6.07, 6.45) is -0.0277. The van der Waals surface area contributed by atoms with Gasteiger partial charge in [-0.1, -0.05) is 65.7 Å². The lowest BCUT2D eigenvalue weighted by Crippen LogP contribution is -2.37. The van der Waals surface area contributed by atoms with Gasteiger partial charge < -0.3 is 10.2 Å². The summed E-state index contributed by atoms with van der Waals surface area (Å²) in [6.45, 7) is 4.27. The molecule has 1 fully saturated rings. The number of para-hydroxylation sites is 1. The molecule has 1 heterocycles. The summed E-state index contributed by atoms with van der Waals surface area (Å²) in [5.41, 5.74) is 4.33. The molecule has 1 unspecified atom stereocenters. The summed E-state index contributed by atoms with van der Waals surface area (Å²) in [4.78, 5) is 29.8. The lowest BCUT2D eigenvalue weighted by Gasteiger charge is -2.24. The van der Waals surface area contributed by atoms with Crippen LogP contribution in [0.4, 0.5) is 11.4 Å². The smallest absolute Gasteiger partial charge is 0.256 e. The molecule has 0 radical (unpaired) electrons. The Kier molecular flexibility index (Phi) is 6.77. The SMILES string of the molecule is Cc1ccc(NC(=O)CC2C(=O)N(c3ccccc3)C(=S)N2Cc2ccccc2Cl)c(C)c1. The van der Waals surface area contributed by atoms with E-state index >= 15 is 0 Å². The Hall–Kier alpha value is -3.22. The van der Waals surface area contributed by atoms with Gasteiger partial charge in [-0.05, 0) is 61.5 Å². The van der Waals surface area contributed by atoms with Crippen molar-refractivity contribution in [2.75, 3.05) is 10.2 Å². The fraction of sp³-hybridized carbons (Fsp3) is 0.192. The van der Waals surface area contributed by atoms with E-state index in [0.29, 0.717) is 22.4 Å². The number of nitrogens with one attached hydrogen (secondary N) is 1. The van der Waals surface area contributed by atoms with Crippen LogP contribution in [0.25, 0.3) is 0 Å². The average Bonchev–Trinajstić information content (AvgIpc) is 3.01. The lowest BCUT2D eigenvalue weighted by molar-refractivity contribution is -0.124. The largest absolute Gasteiger partial charge is 0.332 e. The zero-order valence-corrected chi connectivity index (χ0v) is 20.0. The number of benzene rings is 3. The van der Waals surface area contributed by atoms with E-state index in [2.05, 4.69) is 5.32 Å². The van der Waals surface area contributed by atoms with Crippen LogP contribution in [-0.2, 0) is 16.1 Å². The number of hydrogen-bond donors (Lipinski definition) is 1. The third kappa shape index (κ3) is 4.92. The molecule has 0 aromatic heterocycles. The van der Waals surface area contributed by atoms with Crippen LogP contribution < -0.4 is 10.2 Å². The summed E-state index contributed by atoms with van der Waals surface area (Å²) in [5, 5.41) is 3.89. The standard InChI is InChI=1S/C26H24ClN3O2S/c1-17-12-13-22(18(2)14-17)28-24(31)15-23-25(32)30(20-9-4-3-5-10-20)26(33)29(23)16-19-8-6-7-11-21(19)27/h3-14,23H,15-16H2,1-2H3,(H,28,31). The van der Waals surface area contributed by atoms with Crippen LogP contribution in [0.1, 0.15) is 23.1 Å². The Bertz CT molecular complexity index is 1220. The van der Waals surface area contributed by atoms with Crippen molar-refractivity contribution >= 4 is 52.1 Å². The first-order valence-corrected chi connectivity index (χ1v) is 11.4. The topological polar surface area (TPSA) is 52.7 Å². The maximum Gasteiger partial charge on any atom is 0.256 e. The molecule has 2 amide bonds. The number of rotatable bonds is 6. The molecular weight excluding hydrogens is 454 g/mol. The van der Waals surface area contributed by atoms with Crippen molar-refractivity contribution in [1.82, 2.24) is 4.90 Å². The normalized spacial score (nSPS) is 15.8. The fourth-order valence-electron chi connectivity index (χ4n) is 3.97. The molecule has 1 aliphatic heterocycles. The van der Waals surface area contributed by atoms with E-state index in [1.54, 1.807) is 11.0 Å². The highest BCUT2D eigenvalue weighted by molar-refractivity contribution is 7.80. The number of carbonyl (C=O) groups is 2. The summed E-state index contributed by atoms with van der Waals surface area (Å²) in [6, 6.07) is 21.8. The average molecular weight is 478 g/mol. The van der Waals surface area contributed by atoms with Gasteiger partial charge in [-0.3, -0.25) is 14.5 Å². The van der Waals surface area contributed by atoms with Crippen molar-refractivity contribution in [2.45, 2.75) is 32.9 Å². The second-order valence-electron chi connectivity index (χ2n) is 8.10. The Morgan fingerprint density at radius 1 is 1.03 bits per heavy atom. The molecule has 0 aliphatic carbocycles. The van der Waals surface area contributed by atoms with Gasteiger partial charge >= 0.3 is 0 Å². The van der Waals surface area contributed by atoms with Crippen LogP contribution in [0.3, 0.4) is 0 Å². The van der Waals surface area contributed by atoms with Crippen molar-refractivity contribution in [3.05, 3.63) is 94.5 Å². The monoisotopic (exact) mass is 477 g/mol. The van der Waals surface area contributed by atoms with Gasteiger partial charge in [-0.15, -0.1) is 0 Å². The van der Waals surface area contributed by atoms with Crippen molar-refractivity contribution in [3.8, 4) is 0 Å². The third-order valence-corrected chi connectivity index (χ3v) is 6.45. The zero-order valence-electron chi connectivity index (χ0n) is 18.4. The Morgan fingerprint density at radius 3 is 2.42 bits per heavy atom. The third-order valence-electron chi connectivity index (χ3n) is 5.67. The van der Waals surface area contributed by atoms with E-state index in [9.17, 15) is 9.59 Å². The second-order valence-corrected chi connectivity index (χ2v) is 8.87. The number of nitrogens with zero attached hydrogens (tertiary/aromatic N) is 2. The number of hydrogen-bond acceptors (Lipinski definition) is 3. The first-order valence-electron chi connectivity index (χ1n) is 10.7. The first kappa shape index (κ1) is 23.0. The number of aryl methyl sites for hydroxylation is 2. The van der Waals surface area contributed by atoms with Crippen LogP contribution in [-0.4, -0.2) is 27.9 Å². The molecule has 0 saturated carbocycles. The van der Waals surface area contributed by atoms with Crippen LogP contribution in [0.2, 0.25) is 5.02 Å². The molecule has 5 nitrogen and oxygen atoms in total. The molecule has 1 N–H and O–H groups in total. The second kappa shape index (κ2) is 9.73. The van der Waals surface area contributed by atoms with Gasteiger partial charge in [-0.25, -0.2) is 0 Å². The van der Waals surface area contributed by atoms with Crippen molar-refractivity contribution in [3.63, 3.8) is 0 Å². The zero-order chi connectivity index (χ0) is 23.5. The van der Waals surface area contributed by atoms with E-state index in [1.165, 1.54) is 4.90 Å². The summed E-state index contributed by atoms with van der Waals surface area (Å²) in [5.74, 6) is -0.476. The molecule has 168 valence electrons. The van der Waals surface area contributed by atoms with Gasteiger partial charge in [0.1, 0.15) is 6.04 Å². The minimum absolute atomic E-state index is 0.0277. The van der Waals surface area contributed by atoms with Crippen LogP contribution in [0, 0.1) is 13.8 Å². The molecular formula is C26H24ClN3O2S. The van der Waals surface area contributed by atoms with Gasteiger partial charge in [0.2, 0.25) is 5.91 Å². The highest BCUT2D eigenvalue weighted by atomic mass is 35.5. The fourth-order valence-corrected chi connectivity index (χ4v) is 4.55. The number of amides is 2. The van der Waals surface area contributed by atoms with Crippen LogP contribution in [0.15, 0.2) is 72.8 Å². The van der Waals surface area contributed by atoms with E-state index in [0.717, 1.165) is 22.4 Å². The minimum Gasteiger partial charge on any atom is -0.332 e. The summed E-state index contributed by atoms with van der Waals surface area (Å²) >= 11 is 12.1. The van der Waals surface area contributed by atoms with E-state index in [-0.39, 0.29) is 18.2 Å². The first-order chi connectivity index (χ1) is 15.8. The van der Waals surface area contributed by atoms with Crippen molar-refractivity contribution in [2.24, 2.45) is 0 Å². The number of thiocarbonyl (C=S) groups is 1. The molecule has 1 aliphatic rings. The van der Waals surface area contributed by atoms with Gasteiger partial charge in [0.25, 0.3) is 5.91 Å². The molecule has 0 spiro atoms.